The Bertz CT molecular complexity index is 969. The molecule has 1 aromatic carbocycles. The number of fused-ring (bicyclic) bond motifs is 3. The Morgan fingerprint density at radius 1 is 1.00 bits per heavy atom. The number of carbonyl (C=O) groups is 2. The first-order valence-corrected chi connectivity index (χ1v) is 12.9. The molecule has 0 aromatic heterocycles. The van der Waals surface area contributed by atoms with Crippen molar-refractivity contribution in [2.75, 3.05) is 5.32 Å². The van der Waals surface area contributed by atoms with Gasteiger partial charge in [-0.05, 0) is 99.5 Å². The number of anilines is 1. The fraction of sp³-hybridized carbons (Fsp3) is 0.704. The van der Waals surface area contributed by atoms with Gasteiger partial charge in [-0.3, -0.25) is 9.59 Å². The molecule has 1 aromatic rings. The molecule has 0 radical (unpaired) electrons. The summed E-state index contributed by atoms with van der Waals surface area (Å²) in [7, 11) is 0. The smallest absolute Gasteiger partial charge is 0.255 e. The lowest BCUT2D eigenvalue weighted by Gasteiger charge is -2.62. The van der Waals surface area contributed by atoms with Gasteiger partial charge in [0.2, 0.25) is 5.91 Å². The topological polar surface area (TPSA) is 70.2 Å². The summed E-state index contributed by atoms with van der Waals surface area (Å²) < 4.78 is 0. The van der Waals surface area contributed by atoms with E-state index in [-0.39, 0.29) is 28.7 Å². The first-order chi connectivity index (χ1) is 15.4. The molecule has 1 aliphatic heterocycles. The maximum absolute atomic E-state index is 13.8. The van der Waals surface area contributed by atoms with Crippen LogP contribution in [0.25, 0.3) is 0 Å². The highest BCUT2D eigenvalue weighted by Crippen LogP contribution is 2.60. The third-order valence-corrected chi connectivity index (χ3v) is 10.4. The highest BCUT2D eigenvalue weighted by Gasteiger charge is 2.61. The van der Waals surface area contributed by atoms with Crippen molar-refractivity contribution in [3.8, 4) is 0 Å². The highest BCUT2D eigenvalue weighted by molar-refractivity contribution is 6.02. The summed E-state index contributed by atoms with van der Waals surface area (Å²) in [6.07, 6.45) is 11.6. The Morgan fingerprint density at radius 3 is 2.38 bits per heavy atom. The average Bonchev–Trinajstić information content (AvgIpc) is 2.72. The Hall–Kier alpha value is -2.04. The van der Waals surface area contributed by atoms with E-state index < -0.39 is 5.66 Å². The van der Waals surface area contributed by atoms with Crippen molar-refractivity contribution in [1.82, 2.24) is 10.6 Å². The standard InChI is InChI=1S/C27H35N3O2/c1-25-7-6-19(27(15-25)28-22-5-3-2-4-20(22)23(31)30-27)11-21(25)24(32)29-26-12-16-8-17(13-26)10-18(9-16)14-26/h2-5,16-19,21,28H,6-15H2,1H3,(H,29,32)(H,30,31)/t16?,17?,18?,19?,21?,25?,26?,27-/m0/s1. The van der Waals surface area contributed by atoms with Crippen molar-refractivity contribution in [1.29, 1.82) is 0 Å². The van der Waals surface area contributed by atoms with E-state index in [1.807, 2.05) is 24.3 Å². The lowest BCUT2D eigenvalue weighted by molar-refractivity contribution is -0.145. The summed E-state index contributed by atoms with van der Waals surface area (Å²) in [6, 6.07) is 7.80. The molecule has 4 atom stereocenters. The number of amides is 2. The fourth-order valence-electron chi connectivity index (χ4n) is 9.47. The molecule has 3 N–H and O–H groups in total. The zero-order valence-electron chi connectivity index (χ0n) is 19.1. The minimum atomic E-state index is -0.421. The van der Waals surface area contributed by atoms with Crippen molar-refractivity contribution in [2.45, 2.75) is 82.3 Å². The van der Waals surface area contributed by atoms with Crippen LogP contribution < -0.4 is 16.0 Å². The van der Waals surface area contributed by atoms with Crippen LogP contribution in [-0.4, -0.2) is 23.0 Å². The van der Waals surface area contributed by atoms with Crippen LogP contribution in [-0.2, 0) is 4.79 Å². The van der Waals surface area contributed by atoms with Gasteiger partial charge in [0.15, 0.2) is 0 Å². The van der Waals surface area contributed by atoms with Crippen LogP contribution in [0, 0.1) is 35.0 Å². The van der Waals surface area contributed by atoms with Crippen LogP contribution in [0.15, 0.2) is 24.3 Å². The first-order valence-electron chi connectivity index (χ1n) is 12.9. The molecule has 5 nitrogen and oxygen atoms in total. The second kappa shape index (κ2) is 6.30. The molecule has 170 valence electrons. The third kappa shape index (κ3) is 2.69. The normalized spacial score (nSPS) is 47.7. The molecule has 1 spiro atoms. The van der Waals surface area contributed by atoms with Gasteiger partial charge in [0.25, 0.3) is 5.91 Å². The summed E-state index contributed by atoms with van der Waals surface area (Å²) in [5.74, 6) is 3.17. The molecule has 6 bridgehead atoms. The average molecular weight is 434 g/mol. The molecule has 5 heteroatoms. The van der Waals surface area contributed by atoms with E-state index in [9.17, 15) is 9.59 Å². The predicted molar refractivity (Wildman–Crippen MR) is 123 cm³/mol. The zero-order valence-corrected chi connectivity index (χ0v) is 19.1. The number of carbonyl (C=O) groups excluding carboxylic acids is 2. The van der Waals surface area contributed by atoms with Gasteiger partial charge in [0, 0.05) is 23.1 Å². The second-order valence-corrected chi connectivity index (χ2v) is 12.6. The van der Waals surface area contributed by atoms with Gasteiger partial charge >= 0.3 is 0 Å². The van der Waals surface area contributed by atoms with Crippen LogP contribution >= 0.6 is 0 Å². The van der Waals surface area contributed by atoms with Crippen LogP contribution in [0.1, 0.15) is 81.5 Å². The molecule has 32 heavy (non-hydrogen) atoms. The zero-order chi connectivity index (χ0) is 21.7. The second-order valence-electron chi connectivity index (χ2n) is 12.6. The molecule has 9 rings (SSSR count). The van der Waals surface area contributed by atoms with E-state index in [0.717, 1.165) is 54.7 Å². The van der Waals surface area contributed by atoms with Crippen molar-refractivity contribution < 1.29 is 9.59 Å². The number of hydrogen-bond donors (Lipinski definition) is 3. The van der Waals surface area contributed by atoms with E-state index in [0.29, 0.717) is 5.91 Å². The lowest BCUT2D eigenvalue weighted by Crippen LogP contribution is -2.71. The van der Waals surface area contributed by atoms with E-state index >= 15 is 0 Å². The Morgan fingerprint density at radius 2 is 1.69 bits per heavy atom. The van der Waals surface area contributed by atoms with Gasteiger partial charge in [-0.25, -0.2) is 0 Å². The molecule has 7 fully saturated rings. The summed E-state index contributed by atoms with van der Waals surface area (Å²) in [6.45, 7) is 2.29. The van der Waals surface area contributed by atoms with Gasteiger partial charge in [0.05, 0.1) is 5.56 Å². The minimum absolute atomic E-state index is 0.0186. The molecular formula is C27H35N3O2. The first kappa shape index (κ1) is 19.4. The van der Waals surface area contributed by atoms with Gasteiger partial charge in [-0.15, -0.1) is 0 Å². The van der Waals surface area contributed by atoms with E-state index in [4.69, 9.17) is 0 Å². The molecule has 0 saturated heterocycles. The quantitative estimate of drug-likeness (QED) is 0.645. The molecule has 2 amide bonds. The van der Waals surface area contributed by atoms with Crippen LogP contribution in [0.5, 0.6) is 0 Å². The highest BCUT2D eigenvalue weighted by atomic mass is 16.2. The number of hydrogen-bond acceptors (Lipinski definition) is 3. The summed E-state index contributed by atoms with van der Waals surface area (Å²) in [4.78, 5) is 26.7. The minimum Gasteiger partial charge on any atom is -0.362 e. The van der Waals surface area contributed by atoms with Gasteiger partial charge in [0.1, 0.15) is 5.66 Å². The Labute approximate surface area is 190 Å². The van der Waals surface area contributed by atoms with Crippen molar-refractivity contribution >= 4 is 17.5 Å². The van der Waals surface area contributed by atoms with Crippen LogP contribution in [0.3, 0.4) is 0 Å². The van der Waals surface area contributed by atoms with Crippen molar-refractivity contribution in [2.24, 2.45) is 35.0 Å². The van der Waals surface area contributed by atoms with Crippen molar-refractivity contribution in [3.05, 3.63) is 29.8 Å². The lowest BCUT2D eigenvalue weighted by atomic mass is 9.50. The van der Waals surface area contributed by atoms with E-state index in [1.54, 1.807) is 0 Å². The number of para-hydroxylation sites is 1. The molecule has 1 heterocycles. The summed E-state index contributed by atoms with van der Waals surface area (Å²) in [5.41, 5.74) is 1.22. The molecule has 8 aliphatic rings. The van der Waals surface area contributed by atoms with Crippen molar-refractivity contribution in [3.63, 3.8) is 0 Å². The third-order valence-electron chi connectivity index (χ3n) is 10.4. The maximum Gasteiger partial charge on any atom is 0.255 e. The molecular weight excluding hydrogens is 398 g/mol. The van der Waals surface area contributed by atoms with E-state index in [2.05, 4.69) is 22.9 Å². The molecule has 3 unspecified atom stereocenters. The van der Waals surface area contributed by atoms with Gasteiger partial charge < -0.3 is 16.0 Å². The van der Waals surface area contributed by atoms with E-state index in [1.165, 1.54) is 38.5 Å². The Kier molecular flexibility index (Phi) is 3.82. The number of nitrogens with one attached hydrogen (secondary N) is 3. The number of benzene rings is 1. The summed E-state index contributed by atoms with van der Waals surface area (Å²) >= 11 is 0. The fourth-order valence-corrected chi connectivity index (χ4v) is 9.47. The molecule has 7 aliphatic carbocycles. The van der Waals surface area contributed by atoms with Gasteiger partial charge in [-0.1, -0.05) is 19.1 Å². The van der Waals surface area contributed by atoms with Crippen LogP contribution in [0.2, 0.25) is 0 Å². The summed E-state index contributed by atoms with van der Waals surface area (Å²) in [5, 5.41) is 10.7. The van der Waals surface area contributed by atoms with Gasteiger partial charge in [-0.2, -0.15) is 0 Å². The monoisotopic (exact) mass is 433 g/mol. The largest absolute Gasteiger partial charge is 0.362 e. The maximum atomic E-state index is 13.8. The SMILES string of the molecule is CC12CCC(CC1C(=O)NC13CC4CC(CC(C4)C1)C3)[C@]1(C2)NC(=O)c2ccccc2N1. The molecule has 7 saturated carbocycles. The Balaban J connectivity index is 1.13. The van der Waals surface area contributed by atoms with Crippen LogP contribution in [0.4, 0.5) is 5.69 Å². The number of rotatable bonds is 2. The predicted octanol–water partition coefficient (Wildman–Crippen LogP) is 4.45.